The fraction of sp³-hybridized carbons (Fsp3) is 0.182. The van der Waals surface area contributed by atoms with Gasteiger partial charge in [-0.05, 0) is 36.2 Å². The highest BCUT2D eigenvalue weighted by atomic mass is 35.5. The second kappa shape index (κ2) is 9.92. The van der Waals surface area contributed by atoms with E-state index in [9.17, 15) is 8.42 Å². The molecule has 0 bridgehead atoms. The van der Waals surface area contributed by atoms with Gasteiger partial charge in [-0.2, -0.15) is 0 Å². The first-order chi connectivity index (χ1) is 16.3. The Bertz CT molecular complexity index is 1410. The summed E-state index contributed by atoms with van der Waals surface area (Å²) in [5.41, 5.74) is 0. The maximum atomic E-state index is 13.2. The number of ether oxygens (including phenoxy) is 2. The maximum Gasteiger partial charge on any atom is 0.272 e. The van der Waals surface area contributed by atoms with Crippen LogP contribution < -0.4 is 14.2 Å². The van der Waals surface area contributed by atoms with Crippen LogP contribution in [0.2, 0.25) is 5.15 Å². The van der Waals surface area contributed by atoms with Gasteiger partial charge >= 0.3 is 0 Å². The van der Waals surface area contributed by atoms with Crippen LogP contribution in [0.4, 0.5) is 5.82 Å². The molecule has 0 radical (unpaired) electrons. The van der Waals surface area contributed by atoms with Gasteiger partial charge in [0.1, 0.15) is 4.21 Å². The zero-order valence-electron chi connectivity index (χ0n) is 18.4. The Morgan fingerprint density at radius 3 is 2.32 bits per heavy atom. The van der Waals surface area contributed by atoms with Gasteiger partial charge in [-0.1, -0.05) is 37.6 Å². The number of aromatic nitrogens is 4. The second-order valence-electron chi connectivity index (χ2n) is 7.26. The van der Waals surface area contributed by atoms with Gasteiger partial charge in [0.15, 0.2) is 28.3 Å². The lowest BCUT2D eigenvalue weighted by molar-refractivity contribution is 0.378. The number of benzene rings is 1. The zero-order chi connectivity index (χ0) is 24.3. The highest BCUT2D eigenvalue weighted by Gasteiger charge is 2.25. The summed E-state index contributed by atoms with van der Waals surface area (Å²) in [6.45, 7) is 3.98. The normalized spacial score (nSPS) is 11.4. The van der Waals surface area contributed by atoms with Crippen molar-refractivity contribution in [1.29, 1.82) is 0 Å². The molecule has 0 aliphatic rings. The van der Waals surface area contributed by atoms with Gasteiger partial charge in [-0.15, -0.1) is 11.3 Å². The van der Waals surface area contributed by atoms with Crippen LogP contribution in [0.1, 0.15) is 24.6 Å². The molecule has 34 heavy (non-hydrogen) atoms. The van der Waals surface area contributed by atoms with Crippen LogP contribution in [-0.2, 0) is 10.0 Å². The number of halogens is 1. The van der Waals surface area contributed by atoms with Crippen molar-refractivity contribution in [2.24, 2.45) is 0 Å². The Balaban J connectivity index is 1.81. The molecule has 176 valence electrons. The summed E-state index contributed by atoms with van der Waals surface area (Å²) in [7, 11) is -2.52. The summed E-state index contributed by atoms with van der Waals surface area (Å²) in [5.74, 6) is 0.869. The van der Waals surface area contributed by atoms with E-state index in [0.29, 0.717) is 11.5 Å². The second-order valence-corrected chi connectivity index (χ2v) is 10.6. The SMILES string of the molecule is COc1ccccc1Oc1c(Cl)nc(-c2ncccn2)nc1NS(=O)(=O)c1ccc(C(C)C)s1. The fourth-order valence-electron chi connectivity index (χ4n) is 2.88. The van der Waals surface area contributed by atoms with Crippen LogP contribution in [-0.4, -0.2) is 35.5 Å². The molecule has 0 fully saturated rings. The Hall–Kier alpha value is -3.28. The Labute approximate surface area is 205 Å². The Kier molecular flexibility index (Phi) is 6.96. The number of methoxy groups -OCH3 is 1. The van der Waals surface area contributed by atoms with Crippen molar-refractivity contribution in [2.75, 3.05) is 11.8 Å². The molecule has 0 spiro atoms. The topological polar surface area (TPSA) is 116 Å². The number of rotatable bonds is 8. The summed E-state index contributed by atoms with van der Waals surface area (Å²) < 4.78 is 40.3. The fourth-order valence-corrected chi connectivity index (χ4v) is 5.42. The molecule has 0 aliphatic carbocycles. The summed E-state index contributed by atoms with van der Waals surface area (Å²) in [6, 6.07) is 11.8. The maximum absolute atomic E-state index is 13.2. The predicted molar refractivity (Wildman–Crippen MR) is 130 cm³/mol. The molecule has 0 atom stereocenters. The third-order valence-electron chi connectivity index (χ3n) is 4.54. The predicted octanol–water partition coefficient (Wildman–Crippen LogP) is 5.37. The van der Waals surface area contributed by atoms with Gasteiger partial charge in [0, 0.05) is 17.3 Å². The molecule has 0 aliphatic heterocycles. The standard InChI is InChI=1S/C22H20ClN5O4S2/c1-13(2)16-9-10-17(33-16)34(29,30)28-20-18(32-15-8-5-4-7-14(15)31-3)19(23)26-22(27-20)21-24-11-6-12-25-21/h4-13H,1-3H3,(H,26,27,28). The van der Waals surface area contributed by atoms with Crippen molar-refractivity contribution in [3.8, 4) is 28.9 Å². The van der Waals surface area contributed by atoms with Gasteiger partial charge in [0.2, 0.25) is 11.6 Å². The lowest BCUT2D eigenvalue weighted by atomic mass is 10.2. The molecule has 1 N–H and O–H groups in total. The number of hydrogen-bond donors (Lipinski definition) is 1. The van der Waals surface area contributed by atoms with E-state index in [2.05, 4.69) is 24.7 Å². The smallest absolute Gasteiger partial charge is 0.272 e. The third kappa shape index (κ3) is 5.11. The molecule has 4 aromatic rings. The van der Waals surface area contributed by atoms with E-state index in [-0.39, 0.29) is 38.5 Å². The van der Waals surface area contributed by atoms with Crippen LogP contribution >= 0.6 is 22.9 Å². The highest BCUT2D eigenvalue weighted by molar-refractivity contribution is 7.94. The van der Waals surface area contributed by atoms with E-state index in [1.165, 1.54) is 30.8 Å². The van der Waals surface area contributed by atoms with Crippen LogP contribution in [0, 0.1) is 0 Å². The van der Waals surface area contributed by atoms with Crippen LogP contribution in [0.25, 0.3) is 11.6 Å². The molecule has 1 aromatic carbocycles. The summed E-state index contributed by atoms with van der Waals surface area (Å²) in [4.78, 5) is 17.7. The van der Waals surface area contributed by atoms with Crippen molar-refractivity contribution in [3.63, 3.8) is 0 Å². The Morgan fingerprint density at radius 1 is 0.971 bits per heavy atom. The van der Waals surface area contributed by atoms with Crippen LogP contribution in [0.15, 0.2) is 59.1 Å². The summed E-state index contributed by atoms with van der Waals surface area (Å²) in [6.07, 6.45) is 3.03. The van der Waals surface area contributed by atoms with Gasteiger partial charge in [0.25, 0.3) is 10.0 Å². The van der Waals surface area contributed by atoms with Crippen molar-refractivity contribution < 1.29 is 17.9 Å². The first-order valence-corrected chi connectivity index (χ1v) is 12.7. The minimum absolute atomic E-state index is 0.0322. The molecule has 9 nitrogen and oxygen atoms in total. The molecule has 0 unspecified atom stereocenters. The number of hydrogen-bond acceptors (Lipinski definition) is 9. The largest absolute Gasteiger partial charge is 0.493 e. The van der Waals surface area contributed by atoms with E-state index in [1.54, 1.807) is 42.5 Å². The molecule has 3 heterocycles. The number of nitrogens with zero attached hydrogens (tertiary/aromatic N) is 4. The van der Waals surface area contributed by atoms with E-state index >= 15 is 0 Å². The average molecular weight is 518 g/mol. The van der Waals surface area contributed by atoms with Crippen molar-refractivity contribution in [3.05, 3.63) is 64.9 Å². The zero-order valence-corrected chi connectivity index (χ0v) is 20.8. The van der Waals surface area contributed by atoms with E-state index in [1.807, 2.05) is 13.8 Å². The van der Waals surface area contributed by atoms with E-state index < -0.39 is 10.0 Å². The lowest BCUT2D eigenvalue weighted by Gasteiger charge is -2.15. The number of sulfonamides is 1. The number of anilines is 1. The molecular weight excluding hydrogens is 498 g/mol. The van der Waals surface area contributed by atoms with Crippen LogP contribution in [0.5, 0.6) is 17.2 Å². The molecule has 0 amide bonds. The molecule has 0 saturated carbocycles. The number of para-hydroxylation sites is 2. The highest BCUT2D eigenvalue weighted by Crippen LogP contribution is 2.40. The van der Waals surface area contributed by atoms with E-state index in [4.69, 9.17) is 21.1 Å². The van der Waals surface area contributed by atoms with Crippen LogP contribution in [0.3, 0.4) is 0 Å². The summed E-state index contributed by atoms with van der Waals surface area (Å²) >= 11 is 7.62. The molecular formula is C22H20ClN5O4S2. The number of thiophene rings is 1. The molecule has 12 heteroatoms. The summed E-state index contributed by atoms with van der Waals surface area (Å²) in [5, 5.41) is -0.130. The molecule has 0 saturated heterocycles. The first kappa shape index (κ1) is 23.9. The average Bonchev–Trinajstić information content (AvgIpc) is 3.34. The monoisotopic (exact) mass is 517 g/mol. The Morgan fingerprint density at radius 2 is 1.68 bits per heavy atom. The molecule has 4 rings (SSSR count). The molecule has 3 aromatic heterocycles. The van der Waals surface area contributed by atoms with Gasteiger partial charge in [-0.25, -0.2) is 28.4 Å². The third-order valence-corrected chi connectivity index (χ3v) is 8.01. The van der Waals surface area contributed by atoms with E-state index in [0.717, 1.165) is 4.88 Å². The quantitative estimate of drug-likeness (QED) is 0.310. The van der Waals surface area contributed by atoms with Gasteiger partial charge < -0.3 is 9.47 Å². The van der Waals surface area contributed by atoms with Crippen molar-refractivity contribution >= 4 is 38.8 Å². The van der Waals surface area contributed by atoms with Gasteiger partial charge in [-0.3, -0.25) is 4.72 Å². The minimum Gasteiger partial charge on any atom is -0.493 e. The van der Waals surface area contributed by atoms with Crippen molar-refractivity contribution in [1.82, 2.24) is 19.9 Å². The number of nitrogens with one attached hydrogen (secondary N) is 1. The van der Waals surface area contributed by atoms with Crippen molar-refractivity contribution in [2.45, 2.75) is 24.0 Å². The minimum atomic E-state index is -4.00. The van der Waals surface area contributed by atoms with Gasteiger partial charge in [0.05, 0.1) is 7.11 Å². The lowest BCUT2D eigenvalue weighted by Crippen LogP contribution is -2.14. The first-order valence-electron chi connectivity index (χ1n) is 10.1.